The van der Waals surface area contributed by atoms with Crippen molar-refractivity contribution in [1.29, 1.82) is 0 Å². The fourth-order valence-corrected chi connectivity index (χ4v) is 2.09. The summed E-state index contributed by atoms with van der Waals surface area (Å²) in [4.78, 5) is 15.5. The molecule has 14 heavy (non-hydrogen) atoms. The Morgan fingerprint density at radius 3 is 2.86 bits per heavy atom. The van der Waals surface area contributed by atoms with E-state index in [4.69, 9.17) is 11.6 Å². The van der Waals surface area contributed by atoms with Gasteiger partial charge in [-0.2, -0.15) is 0 Å². The van der Waals surface area contributed by atoms with Gasteiger partial charge < -0.3 is 5.32 Å². The highest BCUT2D eigenvalue weighted by Gasteiger charge is 2.16. The van der Waals surface area contributed by atoms with Crippen LogP contribution in [0.25, 0.3) is 0 Å². The molecule has 0 unspecified atom stereocenters. The first-order valence-corrected chi connectivity index (χ1v) is 5.58. The molecule has 2 rings (SSSR count). The molecule has 0 bridgehead atoms. The Morgan fingerprint density at radius 2 is 2.29 bits per heavy atom. The molecule has 1 heterocycles. The van der Waals surface area contributed by atoms with E-state index in [0.29, 0.717) is 10.2 Å². The minimum absolute atomic E-state index is 0.137. The van der Waals surface area contributed by atoms with Gasteiger partial charge in [0.05, 0.1) is 0 Å². The summed E-state index contributed by atoms with van der Waals surface area (Å²) in [5.74, 6) is -0.137. The lowest BCUT2D eigenvalue weighted by Gasteiger charge is -2.09. The summed E-state index contributed by atoms with van der Waals surface area (Å²) < 4.78 is 0.402. The first-order valence-electron chi connectivity index (χ1n) is 4.32. The minimum Gasteiger partial charge on any atom is -0.347 e. The number of carbonyl (C=O) groups is 1. The third-order valence-corrected chi connectivity index (χ3v) is 3.03. The summed E-state index contributed by atoms with van der Waals surface area (Å²) >= 11 is 6.90. The predicted molar refractivity (Wildman–Crippen MR) is 56.8 cm³/mol. The highest BCUT2D eigenvalue weighted by atomic mass is 35.5. The summed E-state index contributed by atoms with van der Waals surface area (Å²) in [5, 5.41) is 4.56. The van der Waals surface area contributed by atoms with E-state index in [2.05, 4.69) is 22.5 Å². The van der Waals surface area contributed by atoms with Crippen LogP contribution in [0.15, 0.2) is 17.5 Å². The SMILES string of the molecule is O=C(NC1CC=CC1)c1csc(Cl)n1. The molecule has 1 amide bonds. The summed E-state index contributed by atoms with van der Waals surface area (Å²) in [6.07, 6.45) is 5.95. The molecule has 3 nitrogen and oxygen atoms in total. The van der Waals surface area contributed by atoms with Crippen LogP contribution in [0, 0.1) is 0 Å². The number of hydrogen-bond acceptors (Lipinski definition) is 3. The number of hydrogen-bond donors (Lipinski definition) is 1. The Balaban J connectivity index is 1.95. The van der Waals surface area contributed by atoms with E-state index in [1.807, 2.05) is 0 Å². The van der Waals surface area contributed by atoms with Gasteiger partial charge in [-0.3, -0.25) is 4.79 Å². The zero-order valence-electron chi connectivity index (χ0n) is 7.37. The Hall–Kier alpha value is -0.870. The Labute approximate surface area is 90.8 Å². The van der Waals surface area contributed by atoms with Crippen molar-refractivity contribution in [1.82, 2.24) is 10.3 Å². The van der Waals surface area contributed by atoms with Gasteiger partial charge >= 0.3 is 0 Å². The van der Waals surface area contributed by atoms with E-state index < -0.39 is 0 Å². The lowest BCUT2D eigenvalue weighted by molar-refractivity contribution is 0.0934. The average Bonchev–Trinajstić information content (AvgIpc) is 2.75. The van der Waals surface area contributed by atoms with Crippen molar-refractivity contribution in [2.24, 2.45) is 0 Å². The highest BCUT2D eigenvalue weighted by molar-refractivity contribution is 7.14. The van der Waals surface area contributed by atoms with Gasteiger partial charge in [0.2, 0.25) is 0 Å². The zero-order valence-corrected chi connectivity index (χ0v) is 8.94. The molecule has 1 N–H and O–H groups in total. The second kappa shape index (κ2) is 4.11. The fraction of sp³-hybridized carbons (Fsp3) is 0.333. The maximum Gasteiger partial charge on any atom is 0.271 e. The van der Waals surface area contributed by atoms with Crippen LogP contribution in [-0.4, -0.2) is 16.9 Å². The van der Waals surface area contributed by atoms with Crippen LogP contribution in [0.5, 0.6) is 0 Å². The third-order valence-electron chi connectivity index (χ3n) is 2.05. The molecule has 0 saturated heterocycles. The quantitative estimate of drug-likeness (QED) is 0.789. The minimum atomic E-state index is -0.137. The fourth-order valence-electron chi connectivity index (χ4n) is 1.35. The van der Waals surface area contributed by atoms with Crippen molar-refractivity contribution in [2.45, 2.75) is 18.9 Å². The summed E-state index contributed by atoms with van der Waals surface area (Å²) in [7, 11) is 0. The van der Waals surface area contributed by atoms with Gasteiger partial charge in [0.1, 0.15) is 5.69 Å². The first-order chi connectivity index (χ1) is 6.75. The van der Waals surface area contributed by atoms with Crippen molar-refractivity contribution in [2.75, 3.05) is 0 Å². The molecule has 5 heteroatoms. The third kappa shape index (κ3) is 2.13. The number of amides is 1. The van der Waals surface area contributed by atoms with Crippen molar-refractivity contribution in [3.05, 3.63) is 27.7 Å². The molecule has 1 aromatic heterocycles. The first kappa shape index (κ1) is 9.68. The Morgan fingerprint density at radius 1 is 1.57 bits per heavy atom. The summed E-state index contributed by atoms with van der Waals surface area (Å²) in [6.45, 7) is 0. The highest BCUT2D eigenvalue weighted by Crippen LogP contribution is 2.16. The smallest absolute Gasteiger partial charge is 0.271 e. The van der Waals surface area contributed by atoms with Gasteiger partial charge in [0, 0.05) is 11.4 Å². The molecule has 1 aliphatic rings. The van der Waals surface area contributed by atoms with E-state index in [-0.39, 0.29) is 11.9 Å². The van der Waals surface area contributed by atoms with Crippen molar-refractivity contribution in [3.8, 4) is 0 Å². The van der Waals surface area contributed by atoms with Crippen LogP contribution >= 0.6 is 22.9 Å². The van der Waals surface area contributed by atoms with Crippen LogP contribution < -0.4 is 5.32 Å². The monoisotopic (exact) mass is 228 g/mol. The summed E-state index contributed by atoms with van der Waals surface area (Å²) in [6, 6.07) is 0.225. The number of rotatable bonds is 2. The van der Waals surface area contributed by atoms with Crippen LogP contribution in [0.2, 0.25) is 4.47 Å². The van der Waals surface area contributed by atoms with Gasteiger partial charge in [0.25, 0.3) is 5.91 Å². The molecule has 0 atom stereocenters. The Kier molecular flexibility index (Phi) is 2.84. The molecule has 0 radical (unpaired) electrons. The van der Waals surface area contributed by atoms with Crippen LogP contribution in [-0.2, 0) is 0 Å². The van der Waals surface area contributed by atoms with Crippen LogP contribution in [0.1, 0.15) is 23.3 Å². The number of thiazole rings is 1. The van der Waals surface area contributed by atoms with E-state index in [9.17, 15) is 4.79 Å². The zero-order chi connectivity index (χ0) is 9.97. The number of aromatic nitrogens is 1. The number of halogens is 1. The lowest BCUT2D eigenvalue weighted by Crippen LogP contribution is -2.32. The Bertz CT molecular complexity index is 367. The molecule has 0 fully saturated rings. The van der Waals surface area contributed by atoms with E-state index >= 15 is 0 Å². The van der Waals surface area contributed by atoms with Crippen molar-refractivity contribution in [3.63, 3.8) is 0 Å². The van der Waals surface area contributed by atoms with Gasteiger partial charge in [-0.25, -0.2) is 4.98 Å². The lowest BCUT2D eigenvalue weighted by atomic mass is 10.2. The van der Waals surface area contributed by atoms with Crippen LogP contribution in [0.4, 0.5) is 0 Å². The largest absolute Gasteiger partial charge is 0.347 e. The molecule has 1 aromatic rings. The van der Waals surface area contributed by atoms with Gasteiger partial charge in [-0.1, -0.05) is 23.8 Å². The molecule has 0 aliphatic heterocycles. The van der Waals surface area contributed by atoms with Gasteiger partial charge in [-0.05, 0) is 12.8 Å². The molecule has 0 spiro atoms. The number of nitrogens with zero attached hydrogens (tertiary/aromatic N) is 1. The van der Waals surface area contributed by atoms with Gasteiger partial charge in [-0.15, -0.1) is 11.3 Å². The van der Waals surface area contributed by atoms with E-state index in [0.717, 1.165) is 12.8 Å². The number of carbonyl (C=O) groups excluding carboxylic acids is 1. The predicted octanol–water partition coefficient (Wildman–Crippen LogP) is 2.24. The molecule has 0 aromatic carbocycles. The summed E-state index contributed by atoms with van der Waals surface area (Å²) in [5.41, 5.74) is 0.409. The van der Waals surface area contributed by atoms with Gasteiger partial charge in [0.15, 0.2) is 4.47 Å². The molecular weight excluding hydrogens is 220 g/mol. The standard InChI is InChI=1S/C9H9ClN2OS/c10-9-12-7(5-14-9)8(13)11-6-3-1-2-4-6/h1-2,5-6H,3-4H2,(H,11,13). The van der Waals surface area contributed by atoms with Crippen molar-refractivity contribution >= 4 is 28.8 Å². The molecular formula is C9H9ClN2OS. The second-order valence-electron chi connectivity index (χ2n) is 3.10. The maximum absolute atomic E-state index is 11.6. The molecule has 74 valence electrons. The average molecular weight is 229 g/mol. The topological polar surface area (TPSA) is 42.0 Å². The maximum atomic E-state index is 11.6. The van der Waals surface area contributed by atoms with E-state index in [1.165, 1.54) is 11.3 Å². The normalized spacial score (nSPS) is 16.1. The molecule has 1 aliphatic carbocycles. The molecule has 0 saturated carbocycles. The van der Waals surface area contributed by atoms with Crippen LogP contribution in [0.3, 0.4) is 0 Å². The van der Waals surface area contributed by atoms with Crippen molar-refractivity contribution < 1.29 is 4.79 Å². The second-order valence-corrected chi connectivity index (χ2v) is 4.54. The number of nitrogens with one attached hydrogen (secondary N) is 1. The van der Waals surface area contributed by atoms with E-state index in [1.54, 1.807) is 5.38 Å².